The van der Waals surface area contributed by atoms with Crippen molar-refractivity contribution in [1.82, 2.24) is 14.9 Å². The maximum Gasteiger partial charge on any atom is 0.256 e. The van der Waals surface area contributed by atoms with Crippen LogP contribution in [0.5, 0.6) is 0 Å². The molecule has 0 aliphatic carbocycles. The van der Waals surface area contributed by atoms with Crippen LogP contribution in [0, 0.1) is 0 Å². The third-order valence-corrected chi connectivity index (χ3v) is 4.39. The first-order valence-electron chi connectivity index (χ1n) is 7.28. The number of carbonyl (C=O) groups is 1. The molecule has 2 heterocycles. The van der Waals surface area contributed by atoms with E-state index in [4.69, 9.17) is 0 Å². The van der Waals surface area contributed by atoms with Crippen molar-refractivity contribution < 1.29 is 4.79 Å². The molecular formula is C16H17N3O2S. The van der Waals surface area contributed by atoms with Gasteiger partial charge in [0.05, 0.1) is 17.8 Å². The van der Waals surface area contributed by atoms with Crippen LogP contribution < -0.4 is 5.56 Å². The third-order valence-electron chi connectivity index (χ3n) is 3.64. The Morgan fingerprint density at radius 2 is 2.14 bits per heavy atom. The lowest BCUT2D eigenvalue weighted by Gasteiger charge is -2.27. The summed E-state index contributed by atoms with van der Waals surface area (Å²) < 4.78 is 0. The van der Waals surface area contributed by atoms with E-state index in [-0.39, 0.29) is 11.5 Å². The highest BCUT2D eigenvalue weighted by Crippen LogP contribution is 2.19. The molecule has 22 heavy (non-hydrogen) atoms. The maximum atomic E-state index is 12.5. The Labute approximate surface area is 132 Å². The molecule has 0 atom stereocenters. The molecule has 2 aromatic rings. The molecule has 0 unspecified atom stereocenters. The summed E-state index contributed by atoms with van der Waals surface area (Å²) in [5, 5.41) is 0.661. The molecule has 1 aliphatic heterocycles. The molecule has 0 bridgehead atoms. The molecule has 1 aromatic heterocycles. The van der Waals surface area contributed by atoms with Gasteiger partial charge in [-0.1, -0.05) is 36.9 Å². The maximum absolute atomic E-state index is 12.5. The second-order valence-corrected chi connectivity index (χ2v) is 6.32. The van der Waals surface area contributed by atoms with Crippen molar-refractivity contribution in [2.45, 2.75) is 25.0 Å². The van der Waals surface area contributed by atoms with Gasteiger partial charge in [-0.2, -0.15) is 0 Å². The first-order valence-corrected chi connectivity index (χ1v) is 8.26. The number of hydrogen-bond donors (Lipinski definition) is 1. The monoisotopic (exact) mass is 315 g/mol. The van der Waals surface area contributed by atoms with Gasteiger partial charge in [0, 0.05) is 18.5 Å². The molecule has 1 aromatic carbocycles. The zero-order chi connectivity index (χ0) is 15.5. The van der Waals surface area contributed by atoms with Crippen molar-refractivity contribution in [3.05, 3.63) is 57.5 Å². The van der Waals surface area contributed by atoms with Crippen LogP contribution in [-0.4, -0.2) is 33.1 Å². The van der Waals surface area contributed by atoms with E-state index >= 15 is 0 Å². The SMILES string of the molecule is CCSc1nc2c(c(=O)[nH]1)CN(C(=O)c1ccccc1)CC2. The van der Waals surface area contributed by atoms with Crippen LogP contribution >= 0.6 is 11.8 Å². The van der Waals surface area contributed by atoms with Gasteiger partial charge >= 0.3 is 0 Å². The van der Waals surface area contributed by atoms with Gasteiger partial charge in [0.2, 0.25) is 0 Å². The molecular weight excluding hydrogens is 298 g/mol. The predicted molar refractivity (Wildman–Crippen MR) is 86.1 cm³/mol. The summed E-state index contributed by atoms with van der Waals surface area (Å²) >= 11 is 1.52. The molecule has 6 heteroatoms. The summed E-state index contributed by atoms with van der Waals surface area (Å²) in [6, 6.07) is 9.15. The number of H-pyrrole nitrogens is 1. The highest BCUT2D eigenvalue weighted by molar-refractivity contribution is 7.99. The number of nitrogens with zero attached hydrogens (tertiary/aromatic N) is 2. The zero-order valence-electron chi connectivity index (χ0n) is 12.3. The van der Waals surface area contributed by atoms with Gasteiger partial charge < -0.3 is 9.88 Å². The minimum absolute atomic E-state index is 0.0438. The summed E-state index contributed by atoms with van der Waals surface area (Å²) in [4.78, 5) is 33.7. The Morgan fingerprint density at radius 3 is 2.86 bits per heavy atom. The molecule has 0 radical (unpaired) electrons. The second-order valence-electron chi connectivity index (χ2n) is 5.07. The molecule has 1 aliphatic rings. The van der Waals surface area contributed by atoms with Gasteiger partial charge in [0.15, 0.2) is 5.16 Å². The number of benzene rings is 1. The molecule has 5 nitrogen and oxygen atoms in total. The Kier molecular flexibility index (Phi) is 4.29. The lowest BCUT2D eigenvalue weighted by atomic mass is 10.1. The van der Waals surface area contributed by atoms with E-state index < -0.39 is 0 Å². The van der Waals surface area contributed by atoms with E-state index in [9.17, 15) is 9.59 Å². The topological polar surface area (TPSA) is 66.1 Å². The van der Waals surface area contributed by atoms with Gasteiger partial charge in [0.1, 0.15) is 0 Å². The predicted octanol–water partition coefficient (Wildman–Crippen LogP) is 2.08. The van der Waals surface area contributed by atoms with Crippen molar-refractivity contribution in [1.29, 1.82) is 0 Å². The third kappa shape index (κ3) is 2.92. The molecule has 0 fully saturated rings. The quantitative estimate of drug-likeness (QED) is 0.696. The number of thioether (sulfide) groups is 1. The van der Waals surface area contributed by atoms with Crippen LogP contribution in [0.25, 0.3) is 0 Å². The number of fused-ring (bicyclic) bond motifs is 1. The van der Waals surface area contributed by atoms with Gasteiger partial charge in [-0.3, -0.25) is 9.59 Å². The van der Waals surface area contributed by atoms with E-state index in [0.717, 1.165) is 11.4 Å². The summed E-state index contributed by atoms with van der Waals surface area (Å²) in [6.45, 7) is 2.93. The average Bonchev–Trinajstić information content (AvgIpc) is 2.55. The molecule has 1 N–H and O–H groups in total. The number of carbonyl (C=O) groups excluding carboxylic acids is 1. The number of aromatic nitrogens is 2. The number of amides is 1. The smallest absolute Gasteiger partial charge is 0.256 e. The number of nitrogens with one attached hydrogen (secondary N) is 1. The van der Waals surface area contributed by atoms with Gasteiger partial charge in [0.25, 0.3) is 11.5 Å². The number of rotatable bonds is 3. The first kappa shape index (κ1) is 14.8. The molecule has 1 amide bonds. The molecule has 3 rings (SSSR count). The Balaban J connectivity index is 1.85. The Hall–Kier alpha value is -2.08. The Bertz CT molecular complexity index is 743. The number of hydrogen-bond acceptors (Lipinski definition) is 4. The fourth-order valence-corrected chi connectivity index (χ4v) is 3.16. The van der Waals surface area contributed by atoms with Crippen LogP contribution in [0.2, 0.25) is 0 Å². The highest BCUT2D eigenvalue weighted by Gasteiger charge is 2.25. The van der Waals surface area contributed by atoms with Gasteiger partial charge in [-0.25, -0.2) is 4.98 Å². The molecule has 0 saturated heterocycles. The molecule has 0 saturated carbocycles. The molecule has 114 valence electrons. The van der Waals surface area contributed by atoms with Gasteiger partial charge in [-0.15, -0.1) is 0 Å². The average molecular weight is 315 g/mol. The van der Waals surface area contributed by atoms with Crippen LogP contribution in [-0.2, 0) is 13.0 Å². The highest BCUT2D eigenvalue weighted by atomic mass is 32.2. The fourth-order valence-electron chi connectivity index (χ4n) is 2.54. The van der Waals surface area contributed by atoms with Crippen LogP contribution in [0.15, 0.2) is 40.3 Å². The van der Waals surface area contributed by atoms with Crippen LogP contribution in [0.1, 0.15) is 28.5 Å². The second kappa shape index (κ2) is 6.36. The summed E-state index contributed by atoms with van der Waals surface area (Å²) in [5.41, 5.74) is 1.94. The van der Waals surface area contributed by atoms with Crippen molar-refractivity contribution in [2.75, 3.05) is 12.3 Å². The number of aromatic amines is 1. The van der Waals surface area contributed by atoms with E-state index in [1.807, 2.05) is 25.1 Å². The lowest BCUT2D eigenvalue weighted by molar-refractivity contribution is 0.0732. The standard InChI is InChI=1S/C16H17N3O2S/c1-2-22-16-17-13-8-9-19(10-12(13)14(20)18-16)15(21)11-6-4-3-5-7-11/h3-7H,2,8-10H2,1H3,(H,17,18,20). The minimum Gasteiger partial charge on any atom is -0.334 e. The van der Waals surface area contributed by atoms with Gasteiger partial charge in [-0.05, 0) is 17.9 Å². The van der Waals surface area contributed by atoms with Crippen molar-refractivity contribution in [3.63, 3.8) is 0 Å². The van der Waals surface area contributed by atoms with E-state index in [1.165, 1.54) is 11.8 Å². The normalized spacial score (nSPS) is 13.8. The first-order chi connectivity index (χ1) is 10.7. The zero-order valence-corrected chi connectivity index (χ0v) is 13.2. The van der Waals surface area contributed by atoms with Crippen molar-refractivity contribution >= 4 is 17.7 Å². The Morgan fingerprint density at radius 1 is 1.36 bits per heavy atom. The largest absolute Gasteiger partial charge is 0.334 e. The summed E-state index contributed by atoms with van der Waals surface area (Å²) in [6.07, 6.45) is 0.620. The lowest BCUT2D eigenvalue weighted by Crippen LogP contribution is -2.39. The van der Waals surface area contributed by atoms with E-state index in [2.05, 4.69) is 9.97 Å². The van der Waals surface area contributed by atoms with Crippen LogP contribution in [0.4, 0.5) is 0 Å². The minimum atomic E-state index is -0.133. The fraction of sp³-hybridized carbons (Fsp3) is 0.312. The summed E-state index contributed by atoms with van der Waals surface area (Å²) in [7, 11) is 0. The summed E-state index contributed by atoms with van der Waals surface area (Å²) in [5.74, 6) is 0.818. The van der Waals surface area contributed by atoms with Crippen LogP contribution in [0.3, 0.4) is 0 Å². The van der Waals surface area contributed by atoms with Crippen molar-refractivity contribution in [3.8, 4) is 0 Å². The van der Waals surface area contributed by atoms with Crippen molar-refractivity contribution in [2.24, 2.45) is 0 Å². The van der Waals surface area contributed by atoms with E-state index in [1.54, 1.807) is 17.0 Å². The van der Waals surface area contributed by atoms with E-state index in [0.29, 0.717) is 35.8 Å². The molecule has 0 spiro atoms.